The minimum Gasteiger partial charge on any atom is -0.342 e. The molecule has 1 saturated heterocycles. The van der Waals surface area contributed by atoms with Gasteiger partial charge in [-0.3, -0.25) is 4.68 Å². The Morgan fingerprint density at radius 2 is 2.26 bits per heavy atom. The van der Waals surface area contributed by atoms with E-state index < -0.39 is 0 Å². The maximum Gasteiger partial charge on any atom is 0.111 e. The van der Waals surface area contributed by atoms with Crippen molar-refractivity contribution in [1.29, 1.82) is 0 Å². The SMILES string of the molecule is Cc1ccc2nc([C@@H]3CCCN(CCn4cccn4)C3)[nH]c2c1. The summed E-state index contributed by atoms with van der Waals surface area (Å²) in [6, 6.07) is 8.41. The number of aryl methyl sites for hydroxylation is 1. The molecule has 0 radical (unpaired) electrons. The van der Waals surface area contributed by atoms with Gasteiger partial charge in [0.05, 0.1) is 17.6 Å². The fourth-order valence-electron chi connectivity index (χ4n) is 3.49. The van der Waals surface area contributed by atoms with Gasteiger partial charge in [0.25, 0.3) is 0 Å². The zero-order valence-corrected chi connectivity index (χ0v) is 13.6. The minimum absolute atomic E-state index is 0.508. The van der Waals surface area contributed by atoms with Crippen LogP contribution >= 0.6 is 0 Å². The van der Waals surface area contributed by atoms with Gasteiger partial charge in [0.2, 0.25) is 0 Å². The van der Waals surface area contributed by atoms with Crippen LogP contribution in [0.5, 0.6) is 0 Å². The molecule has 1 atom stereocenters. The third-order valence-electron chi connectivity index (χ3n) is 4.75. The standard InChI is InChI=1S/C18H23N5/c1-14-5-6-16-17(12-14)21-18(20-16)15-4-2-8-22(13-15)10-11-23-9-3-7-19-23/h3,5-7,9,12,15H,2,4,8,10-11,13H2,1H3,(H,20,21)/t15-/m1/s1. The molecule has 120 valence electrons. The summed E-state index contributed by atoms with van der Waals surface area (Å²) in [5.41, 5.74) is 3.52. The molecule has 5 nitrogen and oxygen atoms in total. The quantitative estimate of drug-likeness (QED) is 0.806. The van der Waals surface area contributed by atoms with Gasteiger partial charge < -0.3 is 9.88 Å². The van der Waals surface area contributed by atoms with Crippen molar-refractivity contribution in [2.45, 2.75) is 32.2 Å². The van der Waals surface area contributed by atoms with E-state index in [2.05, 4.69) is 40.1 Å². The lowest BCUT2D eigenvalue weighted by molar-refractivity contribution is 0.195. The van der Waals surface area contributed by atoms with Gasteiger partial charge in [-0.25, -0.2) is 4.98 Å². The van der Waals surface area contributed by atoms with E-state index in [0.29, 0.717) is 5.92 Å². The van der Waals surface area contributed by atoms with E-state index >= 15 is 0 Å². The predicted molar refractivity (Wildman–Crippen MR) is 91.5 cm³/mol. The third kappa shape index (κ3) is 3.15. The van der Waals surface area contributed by atoms with Crippen molar-refractivity contribution < 1.29 is 0 Å². The largest absolute Gasteiger partial charge is 0.342 e. The maximum absolute atomic E-state index is 4.82. The van der Waals surface area contributed by atoms with Crippen LogP contribution in [0.3, 0.4) is 0 Å². The Morgan fingerprint density at radius 3 is 3.13 bits per heavy atom. The molecule has 1 aliphatic heterocycles. The first-order valence-corrected chi connectivity index (χ1v) is 8.44. The fraction of sp³-hybridized carbons (Fsp3) is 0.444. The molecular formula is C18H23N5. The number of rotatable bonds is 4. The van der Waals surface area contributed by atoms with Crippen LogP contribution in [0.15, 0.2) is 36.7 Å². The number of H-pyrrole nitrogens is 1. The van der Waals surface area contributed by atoms with E-state index in [4.69, 9.17) is 4.98 Å². The molecule has 1 aliphatic rings. The summed E-state index contributed by atoms with van der Waals surface area (Å²) < 4.78 is 2.01. The first-order chi connectivity index (χ1) is 11.3. The lowest BCUT2D eigenvalue weighted by Gasteiger charge is -2.31. The van der Waals surface area contributed by atoms with Gasteiger partial charge in [0.1, 0.15) is 5.82 Å². The molecule has 0 unspecified atom stereocenters. The molecule has 3 heterocycles. The van der Waals surface area contributed by atoms with Crippen molar-refractivity contribution in [2.75, 3.05) is 19.6 Å². The van der Waals surface area contributed by atoms with Gasteiger partial charge in [0.15, 0.2) is 0 Å². The molecule has 0 amide bonds. The van der Waals surface area contributed by atoms with E-state index in [0.717, 1.165) is 36.5 Å². The van der Waals surface area contributed by atoms with Crippen molar-refractivity contribution in [3.8, 4) is 0 Å². The maximum atomic E-state index is 4.82. The highest BCUT2D eigenvalue weighted by atomic mass is 15.3. The summed E-state index contributed by atoms with van der Waals surface area (Å²) in [5.74, 6) is 1.66. The summed E-state index contributed by atoms with van der Waals surface area (Å²) in [5, 5.41) is 4.29. The summed E-state index contributed by atoms with van der Waals surface area (Å²) >= 11 is 0. The van der Waals surface area contributed by atoms with Crippen molar-refractivity contribution >= 4 is 11.0 Å². The molecule has 5 heteroatoms. The summed E-state index contributed by atoms with van der Waals surface area (Å²) in [7, 11) is 0. The van der Waals surface area contributed by atoms with Gasteiger partial charge in [-0.2, -0.15) is 5.10 Å². The summed E-state index contributed by atoms with van der Waals surface area (Å²) in [4.78, 5) is 10.9. The van der Waals surface area contributed by atoms with Crippen LogP contribution in [0.4, 0.5) is 0 Å². The molecule has 1 aromatic carbocycles. The van der Waals surface area contributed by atoms with Crippen LogP contribution in [0.2, 0.25) is 0 Å². The normalized spacial score (nSPS) is 19.4. The molecule has 1 fully saturated rings. The van der Waals surface area contributed by atoms with Crippen LogP contribution in [-0.2, 0) is 6.54 Å². The molecule has 2 aromatic heterocycles. The zero-order valence-electron chi connectivity index (χ0n) is 13.6. The topological polar surface area (TPSA) is 49.7 Å². The Labute approximate surface area is 136 Å². The number of nitrogens with one attached hydrogen (secondary N) is 1. The second-order valence-electron chi connectivity index (χ2n) is 6.55. The fourth-order valence-corrected chi connectivity index (χ4v) is 3.49. The van der Waals surface area contributed by atoms with Crippen molar-refractivity contribution in [1.82, 2.24) is 24.6 Å². The smallest absolute Gasteiger partial charge is 0.111 e. The molecule has 0 spiro atoms. The van der Waals surface area contributed by atoms with Gasteiger partial charge in [-0.05, 0) is 50.1 Å². The number of aromatic amines is 1. The molecule has 0 saturated carbocycles. The molecule has 0 aliphatic carbocycles. The van der Waals surface area contributed by atoms with Crippen LogP contribution in [-0.4, -0.2) is 44.3 Å². The first-order valence-electron chi connectivity index (χ1n) is 8.44. The van der Waals surface area contributed by atoms with Gasteiger partial charge >= 0.3 is 0 Å². The lowest BCUT2D eigenvalue weighted by atomic mass is 9.97. The highest BCUT2D eigenvalue weighted by Gasteiger charge is 2.23. The number of imidazole rings is 1. The Morgan fingerprint density at radius 1 is 1.30 bits per heavy atom. The number of hydrogen-bond acceptors (Lipinski definition) is 3. The van der Waals surface area contributed by atoms with E-state index in [1.807, 2.05) is 23.1 Å². The van der Waals surface area contributed by atoms with Crippen molar-refractivity contribution in [2.24, 2.45) is 0 Å². The zero-order chi connectivity index (χ0) is 15.6. The third-order valence-corrected chi connectivity index (χ3v) is 4.75. The predicted octanol–water partition coefficient (Wildman–Crippen LogP) is 2.95. The minimum atomic E-state index is 0.508. The number of likely N-dealkylation sites (tertiary alicyclic amines) is 1. The van der Waals surface area contributed by atoms with E-state index in [9.17, 15) is 0 Å². The second-order valence-corrected chi connectivity index (χ2v) is 6.55. The number of piperidine rings is 1. The first kappa shape index (κ1) is 14.5. The van der Waals surface area contributed by atoms with Gasteiger partial charge in [-0.15, -0.1) is 0 Å². The molecule has 1 N–H and O–H groups in total. The lowest BCUT2D eigenvalue weighted by Crippen LogP contribution is -2.36. The summed E-state index contributed by atoms with van der Waals surface area (Å²) in [6.45, 7) is 6.39. The Balaban J connectivity index is 1.45. The van der Waals surface area contributed by atoms with Crippen LogP contribution < -0.4 is 0 Å². The monoisotopic (exact) mass is 309 g/mol. The molecule has 23 heavy (non-hydrogen) atoms. The molecular weight excluding hydrogens is 286 g/mol. The van der Waals surface area contributed by atoms with Crippen molar-refractivity contribution in [3.63, 3.8) is 0 Å². The van der Waals surface area contributed by atoms with Gasteiger partial charge in [0, 0.05) is 31.4 Å². The van der Waals surface area contributed by atoms with Gasteiger partial charge in [-0.1, -0.05) is 6.07 Å². The second kappa shape index (κ2) is 6.16. The summed E-state index contributed by atoms with van der Waals surface area (Å²) in [6.07, 6.45) is 6.33. The Kier molecular flexibility index (Phi) is 3.87. The average molecular weight is 309 g/mol. The number of hydrogen-bond donors (Lipinski definition) is 1. The molecule has 0 bridgehead atoms. The average Bonchev–Trinajstić information content (AvgIpc) is 3.22. The molecule has 4 rings (SSSR count). The highest BCUT2D eigenvalue weighted by molar-refractivity contribution is 5.75. The van der Waals surface area contributed by atoms with E-state index in [1.165, 1.54) is 24.9 Å². The van der Waals surface area contributed by atoms with Crippen molar-refractivity contribution in [3.05, 3.63) is 48.0 Å². The Hall–Kier alpha value is -2.14. The number of nitrogens with zero attached hydrogens (tertiary/aromatic N) is 4. The van der Waals surface area contributed by atoms with Crippen LogP contribution in [0.25, 0.3) is 11.0 Å². The number of aromatic nitrogens is 4. The van der Waals surface area contributed by atoms with Crippen LogP contribution in [0, 0.1) is 6.92 Å². The highest BCUT2D eigenvalue weighted by Crippen LogP contribution is 2.27. The molecule has 3 aromatic rings. The Bertz CT molecular complexity index is 774. The van der Waals surface area contributed by atoms with E-state index in [1.54, 1.807) is 0 Å². The number of benzene rings is 1. The number of fused-ring (bicyclic) bond motifs is 1. The van der Waals surface area contributed by atoms with Crippen LogP contribution in [0.1, 0.15) is 30.1 Å². The van der Waals surface area contributed by atoms with E-state index in [-0.39, 0.29) is 0 Å².